The Bertz CT molecular complexity index is 787. The van der Waals surface area contributed by atoms with Crippen LogP contribution in [0.4, 0.5) is 0 Å². The van der Waals surface area contributed by atoms with Crippen LogP contribution in [0.3, 0.4) is 0 Å². The zero-order valence-electron chi connectivity index (χ0n) is 12.1. The quantitative estimate of drug-likeness (QED) is 0.327. The summed E-state index contributed by atoms with van der Waals surface area (Å²) >= 11 is 5.70. The van der Waals surface area contributed by atoms with Gasteiger partial charge in [-0.3, -0.25) is 8.77 Å². The molecule has 0 aliphatic heterocycles. The van der Waals surface area contributed by atoms with Gasteiger partial charge in [0.1, 0.15) is 6.29 Å². The summed E-state index contributed by atoms with van der Waals surface area (Å²) in [5.41, 5.74) is 3.79. The maximum Gasteiger partial charge on any atom is 0.151 e. The molecule has 0 aliphatic carbocycles. The Labute approximate surface area is 154 Å². The number of carbonyl (C=O) groups is 1. The van der Waals surface area contributed by atoms with Crippen molar-refractivity contribution in [2.24, 2.45) is 0 Å². The number of carbonyl (C=O) groups excluding carboxylic acids is 1. The van der Waals surface area contributed by atoms with Crippen LogP contribution in [0.25, 0.3) is 22.2 Å². The molecule has 0 fully saturated rings. The molecule has 2 heterocycles. The minimum Gasteiger partial charge on any atom is -0.298 e. The molecule has 1 aromatic carbocycles. The average Bonchev–Trinajstić information content (AvgIpc) is 2.94. The maximum atomic E-state index is 10.7. The van der Waals surface area contributed by atoms with Crippen molar-refractivity contribution < 1.29 is 4.79 Å². The average molecular weight is 489 g/mol. The van der Waals surface area contributed by atoms with Gasteiger partial charge < -0.3 is 0 Å². The fraction of sp³-hybridized carbons (Fsp3) is 0.125. The lowest BCUT2D eigenvalue weighted by atomic mass is 10.0. The van der Waals surface area contributed by atoms with Crippen LogP contribution >= 0.6 is 46.3 Å². The van der Waals surface area contributed by atoms with Crippen molar-refractivity contribution in [1.29, 1.82) is 0 Å². The number of hydrogen-bond donors (Lipinski definition) is 0. The van der Waals surface area contributed by atoms with E-state index in [0.29, 0.717) is 5.56 Å². The molecule has 114 valence electrons. The van der Waals surface area contributed by atoms with Crippen molar-refractivity contribution >= 4 is 63.6 Å². The van der Waals surface area contributed by atoms with Crippen molar-refractivity contribution in [1.82, 2.24) is 8.96 Å². The second kappa shape index (κ2) is 8.12. The van der Waals surface area contributed by atoms with E-state index >= 15 is 0 Å². The Morgan fingerprint density at radius 1 is 1.27 bits per heavy atom. The van der Waals surface area contributed by atoms with Crippen LogP contribution in [0.1, 0.15) is 24.2 Å². The molecule has 0 bridgehead atoms. The summed E-state index contributed by atoms with van der Waals surface area (Å²) in [4.78, 5) is 15.2. The summed E-state index contributed by atoms with van der Waals surface area (Å²) in [7, 11) is 1.58. The molecule has 0 saturated carbocycles. The van der Waals surface area contributed by atoms with Gasteiger partial charge in [0.15, 0.2) is 5.65 Å². The third-order valence-electron chi connectivity index (χ3n) is 3.01. The van der Waals surface area contributed by atoms with Gasteiger partial charge in [-0.05, 0) is 27.6 Å². The van der Waals surface area contributed by atoms with E-state index in [2.05, 4.69) is 54.4 Å². The molecule has 6 heteroatoms. The number of fused-ring (bicyclic) bond motifs is 1. The van der Waals surface area contributed by atoms with E-state index in [9.17, 15) is 4.79 Å². The third-order valence-corrected chi connectivity index (χ3v) is 5.14. The van der Waals surface area contributed by atoms with Crippen molar-refractivity contribution in [3.05, 3.63) is 52.8 Å². The van der Waals surface area contributed by atoms with Crippen LogP contribution in [-0.2, 0) is 0 Å². The number of aromatic nitrogens is 2. The molecule has 0 N–H and O–H groups in total. The maximum absolute atomic E-state index is 10.7. The minimum absolute atomic E-state index is 0.681. The van der Waals surface area contributed by atoms with Gasteiger partial charge in [0.2, 0.25) is 0 Å². The van der Waals surface area contributed by atoms with Gasteiger partial charge in [0.05, 0.1) is 0 Å². The number of pyridine rings is 1. The number of benzene rings is 1. The van der Waals surface area contributed by atoms with Gasteiger partial charge in [0, 0.05) is 63.7 Å². The highest BCUT2D eigenvalue weighted by atomic mass is 127. The summed E-state index contributed by atoms with van der Waals surface area (Å²) in [6.07, 6.45) is 4.72. The Morgan fingerprint density at radius 2 is 1.95 bits per heavy atom. The largest absolute Gasteiger partial charge is 0.298 e. The molecule has 2 aromatic heterocycles. The number of rotatable bonds is 3. The van der Waals surface area contributed by atoms with E-state index in [1.54, 1.807) is 15.3 Å². The fourth-order valence-electron chi connectivity index (χ4n) is 2.08. The van der Waals surface area contributed by atoms with E-state index in [1.165, 1.54) is 0 Å². The Morgan fingerprint density at radius 3 is 2.55 bits per heavy atom. The second-order valence-corrected chi connectivity index (χ2v) is 6.83. The molecule has 0 saturated heterocycles. The molecule has 0 amide bonds. The van der Waals surface area contributed by atoms with Crippen LogP contribution in [0.2, 0.25) is 0 Å². The molecular formula is C16H14BrIN2OS. The second-order valence-electron chi connectivity index (χ2n) is 4.20. The van der Waals surface area contributed by atoms with E-state index < -0.39 is 0 Å². The van der Waals surface area contributed by atoms with Crippen LogP contribution in [0.5, 0.6) is 0 Å². The van der Waals surface area contributed by atoms with Crippen molar-refractivity contribution in [3.63, 3.8) is 0 Å². The zero-order valence-corrected chi connectivity index (χ0v) is 16.6. The monoisotopic (exact) mass is 488 g/mol. The zero-order chi connectivity index (χ0) is 16.1. The standard InChI is InChI=1S/C14H8BrIN2OS.C2H6/c15-11-5-12-13(7-18(20-16)14(12)17-6-11)10-3-1-9(8-19)2-4-10;1-2/h1-8H;1-2H3. The SMILES string of the molecule is CC.O=Cc1ccc(-c2cn(SI)c3ncc(Br)cc23)cc1. The fourth-order valence-corrected chi connectivity index (χ4v) is 3.67. The predicted octanol–water partition coefficient (Wildman–Crippen LogP) is 6.15. The summed E-state index contributed by atoms with van der Waals surface area (Å²) in [6, 6.07) is 9.64. The van der Waals surface area contributed by atoms with Crippen molar-refractivity contribution in [3.8, 4) is 11.1 Å². The van der Waals surface area contributed by atoms with Gasteiger partial charge in [-0.15, -0.1) is 0 Å². The molecule has 0 atom stereocenters. The summed E-state index contributed by atoms with van der Waals surface area (Å²) in [5, 5.41) is 1.09. The molecule has 3 aromatic rings. The molecule has 22 heavy (non-hydrogen) atoms. The van der Waals surface area contributed by atoms with E-state index in [0.717, 1.165) is 32.9 Å². The summed E-state index contributed by atoms with van der Waals surface area (Å²) < 4.78 is 2.98. The smallest absolute Gasteiger partial charge is 0.151 e. The van der Waals surface area contributed by atoms with Crippen LogP contribution in [0.15, 0.2) is 47.2 Å². The van der Waals surface area contributed by atoms with Gasteiger partial charge in [-0.2, -0.15) is 0 Å². The summed E-state index contributed by atoms with van der Waals surface area (Å²) in [5.74, 6) is 0. The first-order valence-corrected chi connectivity index (χ1v) is 10.8. The first-order chi connectivity index (χ1) is 10.7. The molecule has 3 nitrogen and oxygen atoms in total. The molecule has 3 rings (SSSR count). The molecule has 0 aliphatic rings. The minimum atomic E-state index is 0.681. The third kappa shape index (κ3) is 3.55. The normalized spacial score (nSPS) is 10.2. The number of aldehydes is 1. The lowest BCUT2D eigenvalue weighted by Gasteiger charge is -2.00. The van der Waals surface area contributed by atoms with E-state index in [1.807, 2.05) is 42.1 Å². The van der Waals surface area contributed by atoms with Gasteiger partial charge in [-0.25, -0.2) is 4.98 Å². The van der Waals surface area contributed by atoms with Gasteiger partial charge in [0.25, 0.3) is 0 Å². The van der Waals surface area contributed by atoms with Crippen LogP contribution in [-0.4, -0.2) is 15.2 Å². The highest BCUT2D eigenvalue weighted by molar-refractivity contribution is 14.2. The van der Waals surface area contributed by atoms with E-state index in [4.69, 9.17) is 0 Å². The van der Waals surface area contributed by atoms with Crippen molar-refractivity contribution in [2.75, 3.05) is 0 Å². The number of hydrogen-bond acceptors (Lipinski definition) is 3. The topological polar surface area (TPSA) is 34.9 Å². The summed E-state index contributed by atoms with van der Waals surface area (Å²) in [6.45, 7) is 4.00. The first-order valence-electron chi connectivity index (χ1n) is 6.74. The molecular weight excluding hydrogens is 475 g/mol. The Hall–Kier alpha value is -0.860. The highest BCUT2D eigenvalue weighted by Gasteiger charge is 2.12. The van der Waals surface area contributed by atoms with Crippen molar-refractivity contribution in [2.45, 2.75) is 13.8 Å². The highest BCUT2D eigenvalue weighted by Crippen LogP contribution is 2.34. The lowest BCUT2D eigenvalue weighted by molar-refractivity contribution is 0.112. The predicted molar refractivity (Wildman–Crippen MR) is 107 cm³/mol. The molecule has 0 unspecified atom stereocenters. The lowest BCUT2D eigenvalue weighted by Crippen LogP contribution is -1.82. The Balaban J connectivity index is 0.000000847. The number of nitrogens with zero attached hydrogens (tertiary/aromatic N) is 2. The van der Waals surface area contributed by atoms with E-state index in [-0.39, 0.29) is 0 Å². The van der Waals surface area contributed by atoms with Crippen LogP contribution < -0.4 is 0 Å². The van der Waals surface area contributed by atoms with Gasteiger partial charge >= 0.3 is 0 Å². The van der Waals surface area contributed by atoms with Gasteiger partial charge in [-0.1, -0.05) is 38.1 Å². The number of halogens is 2. The van der Waals surface area contributed by atoms with Crippen LogP contribution in [0, 0.1) is 0 Å². The molecule has 0 spiro atoms. The molecule has 0 radical (unpaired) electrons. The first kappa shape index (κ1) is 17.5. The Kier molecular flexibility index (Phi) is 6.46.